The molecule has 194 valence electrons. The first kappa shape index (κ1) is 26.0. The van der Waals surface area contributed by atoms with Crippen molar-refractivity contribution in [1.82, 2.24) is 0 Å². The van der Waals surface area contributed by atoms with Crippen molar-refractivity contribution in [2.45, 2.75) is 19.3 Å². The van der Waals surface area contributed by atoms with Crippen molar-refractivity contribution < 1.29 is 46.5 Å². The molecular formula is C25H19ClF3NO7. The van der Waals surface area contributed by atoms with Crippen LogP contribution in [0.4, 0.5) is 18.9 Å². The number of carbonyl (C=O) groups is 2. The van der Waals surface area contributed by atoms with Crippen LogP contribution in [0.2, 0.25) is 5.02 Å². The first-order valence-corrected chi connectivity index (χ1v) is 11.0. The Kier molecular flexibility index (Phi) is 6.83. The van der Waals surface area contributed by atoms with Gasteiger partial charge >= 0.3 is 6.36 Å². The Morgan fingerprint density at radius 3 is 2.35 bits per heavy atom. The fraction of sp³-hybridized carbons (Fsp3) is 0.200. The molecule has 12 heteroatoms. The number of hydrogen-bond donors (Lipinski definition) is 1. The highest BCUT2D eigenvalue weighted by Gasteiger charge is 2.49. The topological polar surface area (TPSA) is 98.4 Å². The maximum Gasteiger partial charge on any atom is 0.573 e. The molecule has 1 aromatic heterocycles. The number of aliphatic hydroxyl groups excluding tert-OH is 1. The van der Waals surface area contributed by atoms with Crippen molar-refractivity contribution in [2.24, 2.45) is 0 Å². The standard InChI is InChI=1S/C25H19ClF3NO7/c1-12-7-8-17(36-12)21-20(22(31)15-10-16(26)19(35-3)11-18(15)34-2)23(32)24(33)30(21)13-5-4-6-14(9-13)37-25(27,28)29/h4-11,21,31H,1-3H3/b22-20+. The molecule has 0 saturated carbocycles. The fourth-order valence-electron chi connectivity index (χ4n) is 3.99. The smallest absolute Gasteiger partial charge is 0.507 e. The largest absolute Gasteiger partial charge is 0.573 e. The van der Waals surface area contributed by atoms with Crippen LogP contribution in [-0.4, -0.2) is 37.4 Å². The lowest BCUT2D eigenvalue weighted by Crippen LogP contribution is -2.29. The lowest BCUT2D eigenvalue weighted by Gasteiger charge is -2.24. The number of alkyl halides is 3. The van der Waals surface area contributed by atoms with Crippen LogP contribution in [0, 0.1) is 6.92 Å². The third-order valence-corrected chi connectivity index (χ3v) is 5.83. The fourth-order valence-corrected chi connectivity index (χ4v) is 4.23. The molecule has 3 aromatic rings. The van der Waals surface area contributed by atoms with Gasteiger partial charge in [-0.15, -0.1) is 13.2 Å². The van der Waals surface area contributed by atoms with Crippen molar-refractivity contribution >= 4 is 34.7 Å². The van der Waals surface area contributed by atoms with E-state index in [1.165, 1.54) is 44.6 Å². The lowest BCUT2D eigenvalue weighted by atomic mass is 9.98. The van der Waals surface area contributed by atoms with Gasteiger partial charge in [-0.25, -0.2) is 0 Å². The molecular weight excluding hydrogens is 519 g/mol. The molecule has 1 unspecified atom stereocenters. The van der Waals surface area contributed by atoms with E-state index in [1.54, 1.807) is 13.0 Å². The zero-order chi connectivity index (χ0) is 27.1. The van der Waals surface area contributed by atoms with Gasteiger partial charge in [0, 0.05) is 17.8 Å². The average Bonchev–Trinajstić information content (AvgIpc) is 3.38. The summed E-state index contributed by atoms with van der Waals surface area (Å²) in [4.78, 5) is 27.4. The van der Waals surface area contributed by atoms with E-state index in [-0.39, 0.29) is 39.1 Å². The summed E-state index contributed by atoms with van der Waals surface area (Å²) in [6, 6.07) is 8.95. The van der Waals surface area contributed by atoms with E-state index in [4.69, 9.17) is 25.5 Å². The SMILES string of the molecule is COc1cc(OC)c(/C(O)=C2\C(=O)C(=O)N(c3cccc(OC(F)(F)F)c3)C2c2ccc(C)o2)cc1Cl. The molecule has 0 aliphatic carbocycles. The summed E-state index contributed by atoms with van der Waals surface area (Å²) >= 11 is 6.22. The molecule has 2 heterocycles. The second-order valence-electron chi connectivity index (χ2n) is 7.85. The summed E-state index contributed by atoms with van der Waals surface area (Å²) < 4.78 is 58.5. The molecule has 4 rings (SSSR count). The van der Waals surface area contributed by atoms with E-state index in [9.17, 15) is 27.9 Å². The third-order valence-electron chi connectivity index (χ3n) is 5.53. The van der Waals surface area contributed by atoms with Gasteiger partial charge in [0.1, 0.15) is 40.6 Å². The van der Waals surface area contributed by atoms with E-state index in [0.29, 0.717) is 5.76 Å². The van der Waals surface area contributed by atoms with Crippen LogP contribution in [0.1, 0.15) is 23.1 Å². The first-order valence-electron chi connectivity index (χ1n) is 10.6. The van der Waals surface area contributed by atoms with E-state index in [1.807, 2.05) is 0 Å². The number of Topliss-reactive ketones (excluding diaryl/α,β-unsaturated/α-hetero) is 1. The quantitative estimate of drug-likeness (QED) is 0.242. The van der Waals surface area contributed by atoms with Gasteiger partial charge in [0.15, 0.2) is 0 Å². The molecule has 1 amide bonds. The van der Waals surface area contributed by atoms with Crippen LogP contribution in [-0.2, 0) is 9.59 Å². The minimum absolute atomic E-state index is 0.0197. The molecule has 0 spiro atoms. The van der Waals surface area contributed by atoms with E-state index >= 15 is 0 Å². The molecule has 0 radical (unpaired) electrons. The highest BCUT2D eigenvalue weighted by atomic mass is 35.5. The normalized spacial score (nSPS) is 17.3. The summed E-state index contributed by atoms with van der Waals surface area (Å²) in [6.45, 7) is 1.62. The molecule has 1 saturated heterocycles. The predicted molar refractivity (Wildman–Crippen MR) is 126 cm³/mol. The van der Waals surface area contributed by atoms with Gasteiger partial charge in [-0.3, -0.25) is 14.5 Å². The Labute approximate surface area is 213 Å². The van der Waals surface area contributed by atoms with Crippen LogP contribution in [0.5, 0.6) is 17.2 Å². The van der Waals surface area contributed by atoms with E-state index in [2.05, 4.69) is 4.74 Å². The molecule has 1 aliphatic rings. The Morgan fingerprint density at radius 1 is 1.05 bits per heavy atom. The number of aliphatic hydroxyl groups is 1. The number of rotatable bonds is 6. The summed E-state index contributed by atoms with van der Waals surface area (Å²) in [5.74, 6) is -2.63. The number of nitrogens with zero attached hydrogens (tertiary/aromatic N) is 1. The third kappa shape index (κ3) is 4.94. The molecule has 1 N–H and O–H groups in total. The van der Waals surface area contributed by atoms with Gasteiger partial charge in [0.2, 0.25) is 0 Å². The Bertz CT molecular complexity index is 1410. The Hall–Kier alpha value is -4.12. The zero-order valence-electron chi connectivity index (χ0n) is 19.6. The van der Waals surface area contributed by atoms with Crippen molar-refractivity contribution in [3.8, 4) is 17.2 Å². The first-order chi connectivity index (χ1) is 17.4. The number of furan rings is 1. The van der Waals surface area contributed by atoms with Crippen LogP contribution in [0.3, 0.4) is 0 Å². The van der Waals surface area contributed by atoms with Crippen LogP contribution in [0.25, 0.3) is 5.76 Å². The number of ether oxygens (including phenoxy) is 3. The van der Waals surface area contributed by atoms with Gasteiger partial charge in [-0.05, 0) is 37.3 Å². The van der Waals surface area contributed by atoms with Crippen molar-refractivity contribution in [2.75, 3.05) is 19.1 Å². The molecule has 0 bridgehead atoms. The van der Waals surface area contributed by atoms with Crippen molar-refractivity contribution in [1.29, 1.82) is 0 Å². The highest BCUT2D eigenvalue weighted by molar-refractivity contribution is 6.51. The van der Waals surface area contributed by atoms with Crippen molar-refractivity contribution in [3.05, 3.63) is 76.2 Å². The van der Waals surface area contributed by atoms with E-state index in [0.717, 1.165) is 17.0 Å². The summed E-state index contributed by atoms with van der Waals surface area (Å²) in [7, 11) is 2.69. The second kappa shape index (κ2) is 9.74. The molecule has 1 fully saturated rings. The molecule has 8 nitrogen and oxygen atoms in total. The molecule has 1 atom stereocenters. The number of carbonyl (C=O) groups excluding carboxylic acids is 2. The number of halogens is 4. The summed E-state index contributed by atoms with van der Waals surface area (Å²) in [6.07, 6.45) is -4.98. The van der Waals surface area contributed by atoms with Gasteiger partial charge in [0.05, 0.1) is 30.4 Å². The van der Waals surface area contributed by atoms with Gasteiger partial charge in [-0.2, -0.15) is 0 Å². The number of anilines is 1. The van der Waals surface area contributed by atoms with Crippen LogP contribution >= 0.6 is 11.6 Å². The van der Waals surface area contributed by atoms with Gasteiger partial charge < -0.3 is 23.7 Å². The molecule has 37 heavy (non-hydrogen) atoms. The Morgan fingerprint density at radius 2 is 1.76 bits per heavy atom. The number of benzene rings is 2. The lowest BCUT2D eigenvalue weighted by molar-refractivity contribution is -0.274. The monoisotopic (exact) mass is 537 g/mol. The van der Waals surface area contributed by atoms with Gasteiger partial charge in [0.25, 0.3) is 11.7 Å². The molecule has 2 aromatic carbocycles. The second-order valence-corrected chi connectivity index (χ2v) is 8.26. The maximum absolute atomic E-state index is 13.3. The minimum atomic E-state index is -4.98. The highest BCUT2D eigenvalue weighted by Crippen LogP contribution is 2.45. The minimum Gasteiger partial charge on any atom is -0.507 e. The van der Waals surface area contributed by atoms with Gasteiger partial charge in [-0.1, -0.05) is 17.7 Å². The Balaban J connectivity index is 1.93. The maximum atomic E-state index is 13.3. The predicted octanol–water partition coefficient (Wildman–Crippen LogP) is 5.78. The zero-order valence-corrected chi connectivity index (χ0v) is 20.3. The summed E-state index contributed by atoms with van der Waals surface area (Å²) in [5, 5.41) is 11.4. The number of hydrogen-bond acceptors (Lipinski definition) is 7. The molecule has 1 aliphatic heterocycles. The van der Waals surface area contributed by atoms with E-state index < -0.39 is 35.6 Å². The van der Waals surface area contributed by atoms with Crippen LogP contribution in [0.15, 0.2) is 58.5 Å². The summed E-state index contributed by atoms with van der Waals surface area (Å²) in [5.41, 5.74) is -0.503. The van der Waals surface area contributed by atoms with Crippen LogP contribution < -0.4 is 19.1 Å². The number of amides is 1. The number of aryl methyl sites for hydroxylation is 1. The average molecular weight is 538 g/mol. The van der Waals surface area contributed by atoms with Crippen molar-refractivity contribution in [3.63, 3.8) is 0 Å². The number of methoxy groups -OCH3 is 2. The number of ketones is 1.